The number of carbonyl (C=O) groups excluding carboxylic acids is 1. The van der Waals surface area contributed by atoms with E-state index in [0.717, 1.165) is 37.4 Å². The smallest absolute Gasteiger partial charge is 0.292 e. The molecular weight excluding hydrogens is 478 g/mol. The Bertz CT molecular complexity index is 1090. The van der Waals surface area contributed by atoms with Crippen molar-refractivity contribution >= 4 is 40.3 Å². The number of nitro groups is 1. The van der Waals surface area contributed by atoms with Gasteiger partial charge in [0.25, 0.3) is 11.6 Å². The van der Waals surface area contributed by atoms with Crippen LogP contribution in [-0.2, 0) is 0 Å². The number of carbonyl (C=O) groups is 1. The van der Waals surface area contributed by atoms with Crippen molar-refractivity contribution < 1.29 is 14.5 Å². The molecular formula is C26H33N5O4S. The summed E-state index contributed by atoms with van der Waals surface area (Å²) in [6, 6.07) is 12.4. The van der Waals surface area contributed by atoms with E-state index in [-0.39, 0.29) is 22.6 Å². The van der Waals surface area contributed by atoms with Crippen LogP contribution in [0, 0.1) is 10.1 Å². The van der Waals surface area contributed by atoms with E-state index >= 15 is 0 Å². The minimum atomic E-state index is -0.294. The van der Waals surface area contributed by atoms with Crippen molar-refractivity contribution in [1.82, 2.24) is 10.2 Å². The van der Waals surface area contributed by atoms with E-state index in [1.807, 2.05) is 30.9 Å². The predicted molar refractivity (Wildman–Crippen MR) is 145 cm³/mol. The van der Waals surface area contributed by atoms with Gasteiger partial charge in [0, 0.05) is 56.6 Å². The number of hydrogen-bond donors (Lipinski definition) is 1. The van der Waals surface area contributed by atoms with Crippen LogP contribution in [0.4, 0.5) is 17.1 Å². The number of nitro benzene ring substituents is 1. The Morgan fingerprint density at radius 3 is 2.25 bits per heavy atom. The van der Waals surface area contributed by atoms with Crippen LogP contribution in [0.25, 0.3) is 0 Å². The normalized spacial score (nSPS) is 16.1. The number of nitrogens with one attached hydrogen (secondary N) is 1. The molecule has 0 radical (unpaired) electrons. The number of benzene rings is 2. The third-order valence-corrected chi connectivity index (χ3v) is 6.85. The minimum Gasteiger partial charge on any atom is -0.491 e. The predicted octanol–water partition coefficient (Wildman–Crippen LogP) is 4.21. The molecule has 2 saturated heterocycles. The number of piperazine rings is 1. The van der Waals surface area contributed by atoms with Crippen molar-refractivity contribution in [3.63, 3.8) is 0 Å². The molecule has 9 nitrogen and oxygen atoms in total. The van der Waals surface area contributed by atoms with Gasteiger partial charge in [0.2, 0.25) is 0 Å². The lowest BCUT2D eigenvalue weighted by Gasteiger charge is -2.37. The maximum atomic E-state index is 12.7. The summed E-state index contributed by atoms with van der Waals surface area (Å²) in [6.45, 7) is 8.30. The Morgan fingerprint density at radius 2 is 1.64 bits per heavy atom. The van der Waals surface area contributed by atoms with Crippen molar-refractivity contribution in [1.29, 1.82) is 0 Å². The van der Waals surface area contributed by atoms with E-state index in [1.54, 1.807) is 30.3 Å². The van der Waals surface area contributed by atoms with E-state index in [2.05, 4.69) is 15.1 Å². The van der Waals surface area contributed by atoms with Crippen molar-refractivity contribution in [3.8, 4) is 5.75 Å². The molecule has 2 aliphatic heterocycles. The highest BCUT2D eigenvalue weighted by Gasteiger charge is 2.25. The summed E-state index contributed by atoms with van der Waals surface area (Å²) in [6.07, 6.45) is 3.34. The van der Waals surface area contributed by atoms with E-state index in [9.17, 15) is 14.9 Å². The molecule has 0 unspecified atom stereocenters. The van der Waals surface area contributed by atoms with Gasteiger partial charge in [-0.3, -0.25) is 20.2 Å². The first-order valence-electron chi connectivity index (χ1n) is 12.5. The summed E-state index contributed by atoms with van der Waals surface area (Å²) in [5.74, 6) is 0.468. The average molecular weight is 512 g/mol. The van der Waals surface area contributed by atoms with Crippen LogP contribution in [0.1, 0.15) is 43.5 Å². The van der Waals surface area contributed by atoms with Gasteiger partial charge >= 0.3 is 0 Å². The Labute approximate surface area is 217 Å². The van der Waals surface area contributed by atoms with E-state index in [0.29, 0.717) is 42.5 Å². The second-order valence-electron chi connectivity index (χ2n) is 9.40. The lowest BCUT2D eigenvalue weighted by atomic mass is 10.1. The molecule has 1 amide bonds. The SMILES string of the molecule is CC(C)Oc1ccc(C(=O)NC(=S)N2CCN(c3ccc([N+](=O)[O-])c(N4CCCCC4)c3)CC2)cc1. The molecule has 2 aliphatic rings. The molecule has 2 aromatic rings. The van der Waals surface area contributed by atoms with Crippen LogP contribution in [0.3, 0.4) is 0 Å². The second kappa shape index (κ2) is 11.6. The lowest BCUT2D eigenvalue weighted by molar-refractivity contribution is -0.384. The van der Waals surface area contributed by atoms with Crippen molar-refractivity contribution in [3.05, 3.63) is 58.1 Å². The molecule has 2 aromatic carbocycles. The number of nitrogens with zero attached hydrogens (tertiary/aromatic N) is 4. The summed E-state index contributed by atoms with van der Waals surface area (Å²) in [5, 5.41) is 14.9. The first-order chi connectivity index (χ1) is 17.3. The van der Waals surface area contributed by atoms with Crippen LogP contribution in [0.2, 0.25) is 0 Å². The fourth-order valence-corrected chi connectivity index (χ4v) is 4.90. The molecule has 2 heterocycles. The van der Waals surface area contributed by atoms with Crippen LogP contribution in [0.15, 0.2) is 42.5 Å². The molecule has 4 rings (SSSR count). The molecule has 192 valence electrons. The van der Waals surface area contributed by atoms with Gasteiger partial charge in [-0.15, -0.1) is 0 Å². The number of piperidine rings is 1. The molecule has 0 aromatic heterocycles. The monoisotopic (exact) mass is 511 g/mol. The molecule has 1 N–H and O–H groups in total. The van der Waals surface area contributed by atoms with E-state index in [1.165, 1.54) is 6.42 Å². The van der Waals surface area contributed by atoms with Crippen LogP contribution < -0.4 is 19.9 Å². The summed E-state index contributed by atoms with van der Waals surface area (Å²) in [5.41, 5.74) is 2.35. The fraction of sp³-hybridized carbons (Fsp3) is 0.462. The van der Waals surface area contributed by atoms with Crippen molar-refractivity contribution in [2.75, 3.05) is 49.1 Å². The van der Waals surface area contributed by atoms with Gasteiger partial charge in [-0.05, 0) is 81.7 Å². The Kier molecular flexibility index (Phi) is 8.25. The Morgan fingerprint density at radius 1 is 0.972 bits per heavy atom. The zero-order chi connectivity index (χ0) is 25.7. The standard InChI is InChI=1S/C26H33N5O4S/c1-19(2)35-22-9-6-20(7-10-22)25(32)27-26(36)30-16-14-28(15-17-30)21-8-11-23(31(33)34)24(18-21)29-12-4-3-5-13-29/h6-11,18-19H,3-5,12-17H2,1-2H3,(H,27,32,36). The second-order valence-corrected chi connectivity index (χ2v) is 9.79. The van der Waals surface area contributed by atoms with Crippen LogP contribution >= 0.6 is 12.2 Å². The molecule has 10 heteroatoms. The molecule has 2 fully saturated rings. The van der Waals surface area contributed by atoms with Crippen molar-refractivity contribution in [2.45, 2.75) is 39.2 Å². The summed E-state index contributed by atoms with van der Waals surface area (Å²) in [7, 11) is 0. The summed E-state index contributed by atoms with van der Waals surface area (Å²) < 4.78 is 5.63. The molecule has 0 saturated carbocycles. The topological polar surface area (TPSA) is 91.2 Å². The zero-order valence-electron chi connectivity index (χ0n) is 20.8. The van der Waals surface area contributed by atoms with Gasteiger partial charge in [0.05, 0.1) is 11.0 Å². The minimum absolute atomic E-state index is 0.0679. The van der Waals surface area contributed by atoms with Gasteiger partial charge < -0.3 is 19.4 Å². The summed E-state index contributed by atoms with van der Waals surface area (Å²) >= 11 is 5.51. The van der Waals surface area contributed by atoms with Gasteiger partial charge in [0.15, 0.2) is 5.11 Å². The Hall–Kier alpha value is -3.40. The third-order valence-electron chi connectivity index (χ3n) is 6.49. The Balaban J connectivity index is 1.35. The van der Waals surface area contributed by atoms with Gasteiger partial charge in [0.1, 0.15) is 11.4 Å². The highest BCUT2D eigenvalue weighted by atomic mass is 32.1. The first-order valence-corrected chi connectivity index (χ1v) is 12.9. The number of anilines is 2. The van der Waals surface area contributed by atoms with Gasteiger partial charge in [-0.2, -0.15) is 0 Å². The first kappa shape index (κ1) is 25.7. The van der Waals surface area contributed by atoms with Crippen LogP contribution in [-0.4, -0.2) is 66.2 Å². The largest absolute Gasteiger partial charge is 0.491 e. The maximum Gasteiger partial charge on any atom is 0.292 e. The number of amides is 1. The third kappa shape index (κ3) is 6.23. The molecule has 0 aliphatic carbocycles. The number of rotatable bonds is 6. The van der Waals surface area contributed by atoms with Crippen molar-refractivity contribution in [2.24, 2.45) is 0 Å². The number of hydrogen-bond acceptors (Lipinski definition) is 7. The summed E-state index contributed by atoms with van der Waals surface area (Å²) in [4.78, 5) is 30.3. The van der Waals surface area contributed by atoms with E-state index < -0.39 is 0 Å². The number of thiocarbonyl (C=S) groups is 1. The highest BCUT2D eigenvalue weighted by Crippen LogP contribution is 2.34. The van der Waals surface area contributed by atoms with E-state index in [4.69, 9.17) is 17.0 Å². The fourth-order valence-electron chi connectivity index (χ4n) is 4.62. The molecule has 0 atom stereocenters. The average Bonchev–Trinajstić information content (AvgIpc) is 2.89. The molecule has 36 heavy (non-hydrogen) atoms. The highest BCUT2D eigenvalue weighted by molar-refractivity contribution is 7.80. The molecule has 0 bridgehead atoms. The van der Waals surface area contributed by atoms with Crippen LogP contribution in [0.5, 0.6) is 5.75 Å². The molecule has 0 spiro atoms. The van der Waals surface area contributed by atoms with Gasteiger partial charge in [-0.25, -0.2) is 0 Å². The lowest BCUT2D eigenvalue weighted by Crippen LogP contribution is -2.52. The zero-order valence-corrected chi connectivity index (χ0v) is 21.6. The number of ether oxygens (including phenoxy) is 1. The maximum absolute atomic E-state index is 12.7. The van der Waals surface area contributed by atoms with Gasteiger partial charge in [-0.1, -0.05) is 0 Å². The quantitative estimate of drug-likeness (QED) is 0.350.